The van der Waals surface area contributed by atoms with Crippen LogP contribution in [-0.4, -0.2) is 24.3 Å². The van der Waals surface area contributed by atoms with E-state index in [9.17, 15) is 9.59 Å². The molecule has 1 aromatic carbocycles. The summed E-state index contributed by atoms with van der Waals surface area (Å²) in [5, 5.41) is 2.89. The monoisotopic (exact) mass is 288 g/mol. The molecule has 2 amide bonds. The van der Waals surface area contributed by atoms with Gasteiger partial charge in [-0.05, 0) is 25.3 Å². The average molecular weight is 288 g/mol. The van der Waals surface area contributed by atoms with Crippen LogP contribution >= 0.6 is 0 Å². The minimum absolute atomic E-state index is 0.0698. The zero-order valence-corrected chi connectivity index (χ0v) is 12.1. The summed E-state index contributed by atoms with van der Waals surface area (Å²) in [4.78, 5) is 27.2. The maximum atomic E-state index is 11.9. The Kier molecular flexibility index (Phi) is 5.49. The van der Waals surface area contributed by atoms with Crippen LogP contribution in [0.5, 0.6) is 0 Å². The van der Waals surface area contributed by atoms with Crippen molar-refractivity contribution in [3.05, 3.63) is 35.9 Å². The minimum atomic E-state index is -0.663. The van der Waals surface area contributed by atoms with Crippen LogP contribution < -0.4 is 5.32 Å². The third-order valence-corrected chi connectivity index (χ3v) is 3.44. The first-order valence-electron chi connectivity index (χ1n) is 7.20. The predicted octanol–water partition coefficient (Wildman–Crippen LogP) is 2.70. The van der Waals surface area contributed by atoms with Crippen molar-refractivity contribution in [3.8, 4) is 0 Å². The molecule has 1 fully saturated rings. The Hall–Kier alpha value is -2.17. The third-order valence-electron chi connectivity index (χ3n) is 3.44. The summed E-state index contributed by atoms with van der Waals surface area (Å²) in [6.07, 6.45) is 3.35. The van der Waals surface area contributed by atoms with Gasteiger partial charge in [-0.15, -0.1) is 0 Å². The highest BCUT2D eigenvalue weighted by Gasteiger charge is 2.22. The molecule has 0 radical (unpaired) electrons. The second-order valence-corrected chi connectivity index (χ2v) is 5.27. The van der Waals surface area contributed by atoms with Gasteiger partial charge in [0.1, 0.15) is 6.61 Å². The van der Waals surface area contributed by atoms with Gasteiger partial charge in [-0.2, -0.15) is 4.99 Å². The second kappa shape index (κ2) is 7.57. The van der Waals surface area contributed by atoms with Crippen molar-refractivity contribution < 1.29 is 14.3 Å². The van der Waals surface area contributed by atoms with Crippen LogP contribution in [0, 0.1) is 5.92 Å². The van der Waals surface area contributed by atoms with Gasteiger partial charge in [0, 0.05) is 12.3 Å². The van der Waals surface area contributed by atoms with Crippen molar-refractivity contribution in [1.29, 1.82) is 0 Å². The molecule has 5 nitrogen and oxygen atoms in total. The second-order valence-electron chi connectivity index (χ2n) is 5.27. The summed E-state index contributed by atoms with van der Waals surface area (Å²) in [6.45, 7) is 2.16. The van der Waals surface area contributed by atoms with Gasteiger partial charge in [0.05, 0.1) is 5.92 Å². The SMILES string of the molecule is C[C@@H]1CCCC(/C=N\C(=O)OCc2ccccc2)C(=O)N1. The summed E-state index contributed by atoms with van der Waals surface area (Å²) in [7, 11) is 0. The lowest BCUT2D eigenvalue weighted by Crippen LogP contribution is -2.35. The first-order valence-corrected chi connectivity index (χ1v) is 7.20. The number of carbonyl (C=O) groups excluding carboxylic acids is 2. The zero-order valence-electron chi connectivity index (χ0n) is 12.1. The molecule has 21 heavy (non-hydrogen) atoms. The number of benzene rings is 1. The molecule has 1 unspecified atom stereocenters. The number of hydrogen-bond acceptors (Lipinski definition) is 3. The molecule has 1 aliphatic rings. The Balaban J connectivity index is 1.82. The number of ether oxygens (including phenoxy) is 1. The van der Waals surface area contributed by atoms with Crippen LogP contribution in [0.2, 0.25) is 0 Å². The number of aliphatic imine (C=N–C) groups is 1. The summed E-state index contributed by atoms with van der Waals surface area (Å²) in [5.74, 6) is -0.418. The molecule has 0 bridgehead atoms. The molecule has 0 aliphatic carbocycles. The average Bonchev–Trinajstić information content (AvgIpc) is 2.64. The molecule has 0 saturated carbocycles. The Bertz CT molecular complexity index is 514. The highest BCUT2D eigenvalue weighted by atomic mass is 16.5. The zero-order chi connectivity index (χ0) is 15.1. The van der Waals surface area contributed by atoms with Crippen LogP contribution in [0.1, 0.15) is 31.7 Å². The van der Waals surface area contributed by atoms with Crippen LogP contribution in [0.25, 0.3) is 0 Å². The molecular formula is C16H20N2O3. The Morgan fingerprint density at radius 2 is 2.14 bits per heavy atom. The van der Waals surface area contributed by atoms with E-state index in [4.69, 9.17) is 4.74 Å². The molecule has 2 atom stereocenters. The smallest absolute Gasteiger partial charge is 0.433 e. The van der Waals surface area contributed by atoms with Crippen LogP contribution in [0.3, 0.4) is 0 Å². The van der Waals surface area contributed by atoms with Gasteiger partial charge in [-0.25, -0.2) is 4.79 Å². The van der Waals surface area contributed by atoms with Gasteiger partial charge in [-0.1, -0.05) is 36.8 Å². The quantitative estimate of drug-likeness (QED) is 0.869. The number of carbonyl (C=O) groups is 2. The van der Waals surface area contributed by atoms with E-state index in [1.165, 1.54) is 6.21 Å². The molecule has 2 rings (SSSR count). The fourth-order valence-electron chi connectivity index (χ4n) is 2.25. The molecule has 0 aromatic heterocycles. The van der Waals surface area contributed by atoms with Crippen LogP contribution in [-0.2, 0) is 16.1 Å². The molecular weight excluding hydrogens is 268 g/mol. The molecule has 1 aliphatic heterocycles. The standard InChI is InChI=1S/C16H20N2O3/c1-12-6-5-9-14(15(19)18-12)10-17-16(20)21-11-13-7-3-2-4-8-13/h2-4,7-8,10,12,14H,5-6,9,11H2,1H3,(H,18,19)/b17-10-/t12-,14?/m1/s1. The molecule has 1 N–H and O–H groups in total. The van der Waals surface area contributed by atoms with E-state index in [2.05, 4.69) is 10.3 Å². The summed E-state index contributed by atoms with van der Waals surface area (Å²) in [5.41, 5.74) is 0.905. The largest absolute Gasteiger partial charge is 0.443 e. The third kappa shape index (κ3) is 5.02. The molecule has 1 heterocycles. The Morgan fingerprint density at radius 1 is 1.38 bits per heavy atom. The lowest BCUT2D eigenvalue weighted by atomic mass is 10.0. The van der Waals surface area contributed by atoms with E-state index in [1.54, 1.807) is 0 Å². The van der Waals surface area contributed by atoms with Crippen molar-refractivity contribution >= 4 is 18.2 Å². The van der Waals surface area contributed by atoms with Gasteiger partial charge >= 0.3 is 6.09 Å². The molecule has 0 spiro atoms. The lowest BCUT2D eigenvalue weighted by Gasteiger charge is -2.10. The summed E-state index contributed by atoms with van der Waals surface area (Å²) >= 11 is 0. The highest BCUT2D eigenvalue weighted by molar-refractivity contribution is 5.96. The minimum Gasteiger partial charge on any atom is -0.443 e. The number of nitrogens with one attached hydrogen (secondary N) is 1. The number of nitrogens with zero attached hydrogens (tertiary/aromatic N) is 1. The van der Waals surface area contributed by atoms with Gasteiger partial charge in [-0.3, -0.25) is 4.79 Å². The van der Waals surface area contributed by atoms with Crippen LogP contribution in [0.4, 0.5) is 4.79 Å². The van der Waals surface area contributed by atoms with Crippen molar-refractivity contribution in [3.63, 3.8) is 0 Å². The number of amides is 2. The summed E-state index contributed by atoms with van der Waals surface area (Å²) in [6, 6.07) is 9.58. The van der Waals surface area contributed by atoms with Crippen LogP contribution in [0.15, 0.2) is 35.3 Å². The van der Waals surface area contributed by atoms with E-state index in [1.807, 2.05) is 37.3 Å². The normalized spacial score (nSPS) is 22.6. The van der Waals surface area contributed by atoms with E-state index < -0.39 is 6.09 Å². The number of hydrogen-bond donors (Lipinski definition) is 1. The van der Waals surface area contributed by atoms with Crippen molar-refractivity contribution in [1.82, 2.24) is 5.32 Å². The fourth-order valence-corrected chi connectivity index (χ4v) is 2.25. The molecule has 112 valence electrons. The maximum absolute atomic E-state index is 11.9. The fraction of sp³-hybridized carbons (Fsp3) is 0.438. The number of rotatable bonds is 3. The van der Waals surface area contributed by atoms with Gasteiger partial charge in [0.15, 0.2) is 0 Å². The lowest BCUT2D eigenvalue weighted by molar-refractivity contribution is -0.123. The van der Waals surface area contributed by atoms with Gasteiger partial charge in [0.25, 0.3) is 0 Å². The Labute approximate surface area is 124 Å². The van der Waals surface area contributed by atoms with Gasteiger partial charge in [0.2, 0.25) is 5.91 Å². The first kappa shape index (κ1) is 15.2. The molecule has 1 saturated heterocycles. The summed E-state index contributed by atoms with van der Waals surface area (Å²) < 4.78 is 5.04. The van der Waals surface area contributed by atoms with E-state index in [-0.39, 0.29) is 24.5 Å². The topological polar surface area (TPSA) is 67.8 Å². The van der Waals surface area contributed by atoms with Crippen molar-refractivity contribution in [2.75, 3.05) is 0 Å². The first-order chi connectivity index (χ1) is 10.1. The van der Waals surface area contributed by atoms with Crippen molar-refractivity contribution in [2.24, 2.45) is 10.9 Å². The Morgan fingerprint density at radius 3 is 2.90 bits per heavy atom. The predicted molar refractivity (Wildman–Crippen MR) is 80.1 cm³/mol. The van der Waals surface area contributed by atoms with Gasteiger partial charge < -0.3 is 10.1 Å². The maximum Gasteiger partial charge on any atom is 0.433 e. The molecule has 1 aromatic rings. The van der Waals surface area contributed by atoms with E-state index in [0.717, 1.165) is 18.4 Å². The van der Waals surface area contributed by atoms with E-state index in [0.29, 0.717) is 6.42 Å². The molecule has 5 heteroatoms. The van der Waals surface area contributed by atoms with Crippen molar-refractivity contribution in [2.45, 2.75) is 38.8 Å². The van der Waals surface area contributed by atoms with E-state index >= 15 is 0 Å². The highest BCUT2D eigenvalue weighted by Crippen LogP contribution is 2.14.